The Morgan fingerprint density at radius 2 is 2.42 bits per heavy atom. The average molecular weight is 259 g/mol. The number of nitrogens with zero attached hydrogens (tertiary/aromatic N) is 2. The van der Waals surface area contributed by atoms with Gasteiger partial charge in [-0.05, 0) is 38.3 Å². The SMILES string of the molecule is Cc1nc2ccccn2c1CNC(C)C1CCOC1. The Morgan fingerprint density at radius 3 is 3.21 bits per heavy atom. The maximum atomic E-state index is 5.45. The minimum absolute atomic E-state index is 0.483. The predicted molar refractivity (Wildman–Crippen MR) is 75.2 cm³/mol. The van der Waals surface area contributed by atoms with Crippen molar-refractivity contribution in [2.45, 2.75) is 32.9 Å². The zero-order valence-electron chi connectivity index (χ0n) is 11.6. The number of imidazole rings is 1. The van der Waals surface area contributed by atoms with E-state index in [2.05, 4.69) is 34.7 Å². The van der Waals surface area contributed by atoms with Gasteiger partial charge in [-0.1, -0.05) is 6.07 Å². The number of aromatic nitrogens is 2. The standard InChI is InChI=1S/C15H21N3O/c1-11(13-6-8-19-10-13)16-9-14-12(2)17-15-5-3-4-7-18(14)15/h3-5,7,11,13,16H,6,8-10H2,1-2H3. The molecule has 1 saturated heterocycles. The van der Waals surface area contributed by atoms with Crippen molar-refractivity contribution in [2.24, 2.45) is 5.92 Å². The zero-order chi connectivity index (χ0) is 13.2. The van der Waals surface area contributed by atoms with Gasteiger partial charge in [0.2, 0.25) is 0 Å². The van der Waals surface area contributed by atoms with Crippen LogP contribution in [0.5, 0.6) is 0 Å². The van der Waals surface area contributed by atoms with E-state index in [-0.39, 0.29) is 0 Å². The van der Waals surface area contributed by atoms with Crippen LogP contribution in [0.4, 0.5) is 0 Å². The number of nitrogens with one attached hydrogen (secondary N) is 1. The summed E-state index contributed by atoms with van der Waals surface area (Å²) in [5, 5.41) is 3.62. The summed E-state index contributed by atoms with van der Waals surface area (Å²) in [6, 6.07) is 6.60. The van der Waals surface area contributed by atoms with Crippen molar-refractivity contribution < 1.29 is 4.74 Å². The van der Waals surface area contributed by atoms with Crippen molar-refractivity contribution in [1.82, 2.24) is 14.7 Å². The Hall–Kier alpha value is -1.39. The molecule has 4 heteroatoms. The fourth-order valence-corrected chi connectivity index (χ4v) is 2.75. The lowest BCUT2D eigenvalue weighted by Gasteiger charge is -2.19. The lowest BCUT2D eigenvalue weighted by atomic mass is 10.0. The number of pyridine rings is 1. The Balaban J connectivity index is 1.72. The van der Waals surface area contributed by atoms with Crippen LogP contribution in [-0.2, 0) is 11.3 Å². The number of ether oxygens (including phenoxy) is 1. The smallest absolute Gasteiger partial charge is 0.137 e. The summed E-state index contributed by atoms with van der Waals surface area (Å²) in [6.45, 7) is 6.98. The monoisotopic (exact) mass is 259 g/mol. The lowest BCUT2D eigenvalue weighted by molar-refractivity contribution is 0.178. The van der Waals surface area contributed by atoms with Crippen LogP contribution in [0, 0.1) is 12.8 Å². The average Bonchev–Trinajstić information content (AvgIpc) is 3.03. The molecule has 0 spiro atoms. The van der Waals surface area contributed by atoms with Crippen molar-refractivity contribution in [1.29, 1.82) is 0 Å². The minimum atomic E-state index is 0.483. The van der Waals surface area contributed by atoms with Gasteiger partial charge >= 0.3 is 0 Å². The van der Waals surface area contributed by atoms with Crippen LogP contribution in [0.15, 0.2) is 24.4 Å². The second-order valence-corrected chi connectivity index (χ2v) is 5.37. The summed E-state index contributed by atoms with van der Waals surface area (Å²) >= 11 is 0. The molecule has 0 aliphatic carbocycles. The van der Waals surface area contributed by atoms with E-state index < -0.39 is 0 Å². The Bertz CT molecular complexity index is 558. The molecule has 1 aliphatic heterocycles. The molecule has 3 rings (SSSR count). The normalized spacial score (nSPS) is 21.1. The highest BCUT2D eigenvalue weighted by Gasteiger charge is 2.22. The highest BCUT2D eigenvalue weighted by atomic mass is 16.5. The minimum Gasteiger partial charge on any atom is -0.381 e. The molecular weight excluding hydrogens is 238 g/mol. The molecule has 0 radical (unpaired) electrons. The molecule has 0 amide bonds. The molecule has 2 atom stereocenters. The van der Waals surface area contributed by atoms with E-state index >= 15 is 0 Å². The van der Waals surface area contributed by atoms with Gasteiger partial charge in [-0.25, -0.2) is 4.98 Å². The molecule has 0 bridgehead atoms. The number of rotatable bonds is 4. The number of hydrogen-bond acceptors (Lipinski definition) is 3. The van der Waals surface area contributed by atoms with E-state index in [0.29, 0.717) is 12.0 Å². The molecule has 19 heavy (non-hydrogen) atoms. The lowest BCUT2D eigenvalue weighted by Crippen LogP contribution is -2.33. The second kappa shape index (κ2) is 5.31. The van der Waals surface area contributed by atoms with Gasteiger partial charge in [0, 0.05) is 25.4 Å². The van der Waals surface area contributed by atoms with E-state index in [9.17, 15) is 0 Å². The molecule has 0 saturated carbocycles. The number of aryl methyl sites for hydroxylation is 1. The molecule has 1 fully saturated rings. The number of fused-ring (bicyclic) bond motifs is 1. The first-order chi connectivity index (χ1) is 9.25. The van der Waals surface area contributed by atoms with Gasteiger partial charge in [0.15, 0.2) is 0 Å². The Labute approximate surface area is 113 Å². The zero-order valence-corrected chi connectivity index (χ0v) is 11.6. The number of hydrogen-bond donors (Lipinski definition) is 1. The first kappa shape index (κ1) is 12.6. The van der Waals surface area contributed by atoms with Crippen molar-refractivity contribution in [3.8, 4) is 0 Å². The Kier molecular flexibility index (Phi) is 3.53. The summed E-state index contributed by atoms with van der Waals surface area (Å²) in [6.07, 6.45) is 3.25. The molecule has 2 aromatic heterocycles. The maximum Gasteiger partial charge on any atom is 0.137 e. The molecule has 102 valence electrons. The topological polar surface area (TPSA) is 38.6 Å². The van der Waals surface area contributed by atoms with Gasteiger partial charge < -0.3 is 14.5 Å². The third-order valence-electron chi connectivity index (χ3n) is 4.09. The fraction of sp³-hybridized carbons (Fsp3) is 0.533. The van der Waals surface area contributed by atoms with Crippen LogP contribution < -0.4 is 5.32 Å². The van der Waals surface area contributed by atoms with Gasteiger partial charge in [0.05, 0.1) is 18.0 Å². The second-order valence-electron chi connectivity index (χ2n) is 5.37. The summed E-state index contributed by atoms with van der Waals surface area (Å²) in [5.74, 6) is 0.638. The van der Waals surface area contributed by atoms with Gasteiger partial charge in [-0.3, -0.25) is 0 Å². The van der Waals surface area contributed by atoms with E-state index in [0.717, 1.165) is 31.1 Å². The highest BCUT2D eigenvalue weighted by Crippen LogP contribution is 2.17. The van der Waals surface area contributed by atoms with Crippen molar-refractivity contribution in [2.75, 3.05) is 13.2 Å². The Morgan fingerprint density at radius 1 is 1.53 bits per heavy atom. The summed E-state index contributed by atoms with van der Waals surface area (Å²) in [5.41, 5.74) is 3.38. The van der Waals surface area contributed by atoms with Crippen molar-refractivity contribution in [3.63, 3.8) is 0 Å². The van der Waals surface area contributed by atoms with E-state index in [1.165, 1.54) is 12.1 Å². The van der Waals surface area contributed by atoms with Crippen LogP contribution in [0.1, 0.15) is 24.7 Å². The van der Waals surface area contributed by atoms with Gasteiger partial charge in [-0.2, -0.15) is 0 Å². The molecular formula is C15H21N3O. The third kappa shape index (κ3) is 2.51. The fourth-order valence-electron chi connectivity index (χ4n) is 2.75. The first-order valence-corrected chi connectivity index (χ1v) is 6.99. The molecule has 1 aliphatic rings. The van der Waals surface area contributed by atoms with Gasteiger partial charge in [0.1, 0.15) is 5.65 Å². The molecule has 2 aromatic rings. The predicted octanol–water partition coefficient (Wildman–Crippen LogP) is 2.16. The van der Waals surface area contributed by atoms with Crippen molar-refractivity contribution in [3.05, 3.63) is 35.8 Å². The van der Waals surface area contributed by atoms with E-state index in [1.54, 1.807) is 0 Å². The molecule has 3 heterocycles. The van der Waals surface area contributed by atoms with Crippen LogP contribution in [0.2, 0.25) is 0 Å². The van der Waals surface area contributed by atoms with E-state index in [4.69, 9.17) is 4.74 Å². The quantitative estimate of drug-likeness (QED) is 0.914. The maximum absolute atomic E-state index is 5.45. The molecule has 2 unspecified atom stereocenters. The van der Waals surface area contributed by atoms with Crippen molar-refractivity contribution >= 4 is 5.65 Å². The van der Waals surface area contributed by atoms with Crippen LogP contribution >= 0.6 is 0 Å². The van der Waals surface area contributed by atoms with Gasteiger partial charge in [-0.15, -0.1) is 0 Å². The molecule has 1 N–H and O–H groups in total. The van der Waals surface area contributed by atoms with Crippen LogP contribution in [-0.4, -0.2) is 28.6 Å². The van der Waals surface area contributed by atoms with Gasteiger partial charge in [0.25, 0.3) is 0 Å². The molecule has 0 aromatic carbocycles. The summed E-state index contributed by atoms with van der Waals surface area (Å²) in [7, 11) is 0. The molecule has 4 nitrogen and oxygen atoms in total. The van der Waals surface area contributed by atoms with Crippen LogP contribution in [0.25, 0.3) is 5.65 Å². The highest BCUT2D eigenvalue weighted by molar-refractivity contribution is 5.42. The summed E-state index contributed by atoms with van der Waals surface area (Å²) < 4.78 is 7.62. The largest absolute Gasteiger partial charge is 0.381 e. The summed E-state index contributed by atoms with van der Waals surface area (Å²) in [4.78, 5) is 4.59. The first-order valence-electron chi connectivity index (χ1n) is 6.99. The van der Waals surface area contributed by atoms with Crippen LogP contribution in [0.3, 0.4) is 0 Å². The van der Waals surface area contributed by atoms with E-state index in [1.807, 2.05) is 18.2 Å². The third-order valence-corrected chi connectivity index (χ3v) is 4.09.